The molecule has 10 heteroatoms. The van der Waals surface area contributed by atoms with Crippen molar-refractivity contribution >= 4 is 21.6 Å². The van der Waals surface area contributed by atoms with Gasteiger partial charge in [0.15, 0.2) is 5.58 Å². The van der Waals surface area contributed by atoms with E-state index in [2.05, 4.69) is 4.74 Å². The largest absolute Gasteiger partial charge is 0.489 e. The number of hydrogen-bond donors (Lipinski definition) is 1. The molecule has 1 N–H and O–H groups in total. The first kappa shape index (κ1) is 23.8. The van der Waals surface area contributed by atoms with Crippen LogP contribution >= 0.6 is 10.6 Å². The molecule has 0 spiro atoms. The van der Waals surface area contributed by atoms with Gasteiger partial charge in [0, 0.05) is 42.1 Å². The van der Waals surface area contributed by atoms with Crippen LogP contribution < -0.4 is 15.0 Å². The van der Waals surface area contributed by atoms with Crippen LogP contribution in [0.25, 0.3) is 22.1 Å². The molecule has 1 unspecified atom stereocenters. The van der Waals surface area contributed by atoms with Gasteiger partial charge in [0.05, 0.1) is 18.3 Å². The third kappa shape index (κ3) is 4.79. The maximum atomic E-state index is 12.8. The van der Waals surface area contributed by atoms with Gasteiger partial charge in [0.2, 0.25) is 0 Å². The summed E-state index contributed by atoms with van der Waals surface area (Å²) in [5.74, 6) is 0.385. The SMILES string of the molecule is COS(C)(O)c1cc(OCc2ccccc2OC(F)F)cc(-c2cn(C)c(=O)c3occc23)c1. The summed E-state index contributed by atoms with van der Waals surface area (Å²) < 4.78 is 58.9. The number of halogens is 2. The lowest BCUT2D eigenvalue weighted by molar-refractivity contribution is -0.0508. The zero-order valence-electron chi connectivity index (χ0n) is 18.7. The van der Waals surface area contributed by atoms with Crippen LogP contribution in [0.5, 0.6) is 11.5 Å². The van der Waals surface area contributed by atoms with Gasteiger partial charge in [-0.1, -0.05) is 18.2 Å². The fraction of sp³-hybridized carbons (Fsp3) is 0.208. The van der Waals surface area contributed by atoms with E-state index in [1.54, 1.807) is 62.0 Å². The second-order valence-corrected chi connectivity index (χ2v) is 9.97. The number of aromatic nitrogens is 1. The lowest BCUT2D eigenvalue weighted by Gasteiger charge is -2.32. The number of alkyl halides is 2. The number of benzene rings is 2. The molecule has 4 aromatic rings. The Labute approximate surface area is 195 Å². The van der Waals surface area contributed by atoms with Crippen molar-refractivity contribution < 1.29 is 31.4 Å². The smallest absolute Gasteiger partial charge is 0.387 e. The minimum Gasteiger partial charge on any atom is -0.489 e. The van der Waals surface area contributed by atoms with Crippen molar-refractivity contribution in [1.82, 2.24) is 4.57 Å². The van der Waals surface area contributed by atoms with Crippen molar-refractivity contribution in [2.24, 2.45) is 7.05 Å². The second kappa shape index (κ2) is 9.49. The van der Waals surface area contributed by atoms with Crippen molar-refractivity contribution in [3.63, 3.8) is 0 Å². The molecule has 0 amide bonds. The van der Waals surface area contributed by atoms with E-state index >= 15 is 0 Å². The van der Waals surface area contributed by atoms with Gasteiger partial charge in [-0.2, -0.15) is 19.4 Å². The van der Waals surface area contributed by atoms with Crippen molar-refractivity contribution in [1.29, 1.82) is 0 Å². The van der Waals surface area contributed by atoms with E-state index < -0.39 is 17.2 Å². The molecular formula is C24H23F2NO6S. The highest BCUT2D eigenvalue weighted by atomic mass is 32.3. The quantitative estimate of drug-likeness (QED) is 0.335. The Kier molecular flexibility index (Phi) is 6.65. The Morgan fingerprint density at radius 1 is 1.18 bits per heavy atom. The van der Waals surface area contributed by atoms with Crippen LogP contribution in [0.1, 0.15) is 5.56 Å². The van der Waals surface area contributed by atoms with Crippen LogP contribution in [-0.4, -0.2) is 29.1 Å². The average molecular weight is 492 g/mol. The van der Waals surface area contributed by atoms with Crippen LogP contribution in [-0.2, 0) is 17.8 Å². The van der Waals surface area contributed by atoms with Gasteiger partial charge in [-0.3, -0.25) is 13.5 Å². The molecule has 0 aliphatic heterocycles. The number of para-hydroxylation sites is 1. The number of rotatable bonds is 8. The van der Waals surface area contributed by atoms with E-state index in [0.29, 0.717) is 32.7 Å². The molecule has 0 radical (unpaired) electrons. The standard InChI is InChI=1S/C24H23F2NO6S/c1-27-13-20(19-8-9-31-22(19)23(27)28)16-10-17(12-18(11-16)34(3,29)30-2)32-14-15-6-4-5-7-21(15)33-24(25)26/h4-13,24,29H,14H2,1-3H3. The summed E-state index contributed by atoms with van der Waals surface area (Å²) in [6.07, 6.45) is 4.68. The zero-order valence-corrected chi connectivity index (χ0v) is 19.5. The van der Waals surface area contributed by atoms with Gasteiger partial charge in [0.1, 0.15) is 18.1 Å². The molecule has 2 aromatic carbocycles. The molecule has 0 saturated heterocycles. The summed E-state index contributed by atoms with van der Waals surface area (Å²) in [7, 11) is 0.408. The minimum atomic E-state index is -2.96. The highest BCUT2D eigenvalue weighted by Gasteiger charge is 2.19. The summed E-state index contributed by atoms with van der Waals surface area (Å²) >= 11 is 0. The van der Waals surface area contributed by atoms with E-state index in [9.17, 15) is 18.1 Å². The average Bonchev–Trinajstić information content (AvgIpc) is 3.30. The fourth-order valence-corrected chi connectivity index (χ4v) is 4.39. The van der Waals surface area contributed by atoms with E-state index in [1.807, 2.05) is 0 Å². The van der Waals surface area contributed by atoms with Gasteiger partial charge < -0.3 is 18.5 Å². The molecule has 2 aromatic heterocycles. The topological polar surface area (TPSA) is 83.1 Å². The first-order valence-corrected chi connectivity index (χ1v) is 12.1. The van der Waals surface area contributed by atoms with Crippen LogP contribution in [0, 0.1) is 0 Å². The van der Waals surface area contributed by atoms with Crippen molar-refractivity contribution in [3.05, 3.63) is 76.9 Å². The van der Waals surface area contributed by atoms with Gasteiger partial charge in [-0.15, -0.1) is 0 Å². The third-order valence-electron chi connectivity index (χ3n) is 5.33. The van der Waals surface area contributed by atoms with Gasteiger partial charge >= 0.3 is 6.61 Å². The minimum absolute atomic E-state index is 0.0153. The number of aryl methyl sites for hydroxylation is 1. The predicted octanol–water partition coefficient (Wildman–Crippen LogP) is 5.81. The number of hydrogen-bond acceptors (Lipinski definition) is 6. The summed E-state index contributed by atoms with van der Waals surface area (Å²) in [5.41, 5.74) is 1.69. The fourth-order valence-electron chi connectivity index (χ4n) is 3.52. The van der Waals surface area contributed by atoms with Crippen LogP contribution in [0.3, 0.4) is 0 Å². The van der Waals surface area contributed by atoms with Crippen LogP contribution in [0.4, 0.5) is 8.78 Å². The normalized spacial score (nSPS) is 14.2. The summed E-state index contributed by atoms with van der Waals surface area (Å²) in [4.78, 5) is 12.9. The molecule has 7 nitrogen and oxygen atoms in total. The molecule has 180 valence electrons. The third-order valence-corrected chi connectivity index (χ3v) is 7.09. The molecule has 0 aliphatic rings. The predicted molar refractivity (Wildman–Crippen MR) is 126 cm³/mol. The van der Waals surface area contributed by atoms with Gasteiger partial charge in [-0.05, 0) is 29.8 Å². The lowest BCUT2D eigenvalue weighted by atomic mass is 10.0. The lowest BCUT2D eigenvalue weighted by Crippen LogP contribution is -2.15. The van der Waals surface area contributed by atoms with E-state index in [1.165, 1.54) is 24.0 Å². The molecule has 34 heavy (non-hydrogen) atoms. The summed E-state index contributed by atoms with van der Waals surface area (Å²) in [6.45, 7) is -3.01. The number of ether oxygens (including phenoxy) is 2. The Morgan fingerprint density at radius 2 is 1.94 bits per heavy atom. The number of pyridine rings is 1. The zero-order chi connectivity index (χ0) is 24.5. The van der Waals surface area contributed by atoms with Gasteiger partial charge in [0.25, 0.3) is 5.56 Å². The van der Waals surface area contributed by atoms with E-state index in [-0.39, 0.29) is 23.5 Å². The monoisotopic (exact) mass is 491 g/mol. The Hall–Kier alpha value is -3.34. The van der Waals surface area contributed by atoms with E-state index in [4.69, 9.17) is 13.3 Å². The summed E-state index contributed by atoms with van der Waals surface area (Å²) in [5, 5.41) is 0.605. The summed E-state index contributed by atoms with van der Waals surface area (Å²) in [6, 6.07) is 13.2. The van der Waals surface area contributed by atoms with Crippen LogP contribution in [0.2, 0.25) is 0 Å². The number of fused-ring (bicyclic) bond motifs is 1. The molecule has 1 atom stereocenters. The number of furan rings is 1. The second-order valence-electron chi connectivity index (χ2n) is 7.56. The molecule has 4 rings (SSSR count). The highest BCUT2D eigenvalue weighted by Crippen LogP contribution is 2.51. The Balaban J connectivity index is 1.78. The highest BCUT2D eigenvalue weighted by molar-refractivity contribution is 8.24. The van der Waals surface area contributed by atoms with E-state index in [0.717, 1.165) is 0 Å². The van der Waals surface area contributed by atoms with Gasteiger partial charge in [-0.25, -0.2) is 0 Å². The maximum absolute atomic E-state index is 12.8. The van der Waals surface area contributed by atoms with Crippen molar-refractivity contribution in [2.45, 2.75) is 18.1 Å². The van der Waals surface area contributed by atoms with Crippen molar-refractivity contribution in [2.75, 3.05) is 13.4 Å². The first-order valence-electron chi connectivity index (χ1n) is 10.1. The molecular weight excluding hydrogens is 468 g/mol. The van der Waals surface area contributed by atoms with Crippen LogP contribution in [0.15, 0.2) is 75.1 Å². The molecule has 0 fully saturated rings. The first-order chi connectivity index (χ1) is 16.2. The maximum Gasteiger partial charge on any atom is 0.387 e. The van der Waals surface area contributed by atoms with Crippen molar-refractivity contribution in [3.8, 4) is 22.6 Å². The molecule has 2 heterocycles. The molecule has 0 bridgehead atoms. The molecule has 0 aliphatic carbocycles. The Bertz CT molecular complexity index is 1380. The Morgan fingerprint density at radius 3 is 2.68 bits per heavy atom. The number of nitrogens with zero attached hydrogens (tertiary/aromatic N) is 1. The molecule has 0 saturated carbocycles.